The normalized spacial score (nSPS) is 25.2. The van der Waals surface area contributed by atoms with Gasteiger partial charge in [-0.3, -0.25) is 38.9 Å². The molecule has 18 N–H and O–H groups in total. The summed E-state index contributed by atoms with van der Waals surface area (Å²) in [7, 11) is 0. The molecule has 24 nitrogen and oxygen atoms in total. The second-order valence-electron chi connectivity index (χ2n) is 18.7. The molecule has 6 amide bonds. The highest BCUT2D eigenvalue weighted by molar-refractivity contribution is 5.97. The molecule has 2 saturated heterocycles. The lowest BCUT2D eigenvalue weighted by Gasteiger charge is -2.33. The molecule has 3 fully saturated rings. The third kappa shape index (κ3) is 15.6. The van der Waals surface area contributed by atoms with Crippen molar-refractivity contribution < 1.29 is 48.9 Å². The molecule has 0 bridgehead atoms. The van der Waals surface area contributed by atoms with Crippen LogP contribution in [-0.2, 0) is 46.4 Å². The number of rotatable bonds is 16. The zero-order valence-electron chi connectivity index (χ0n) is 40.0. The number of carbonyl (C=O) groups excluding carboxylic acids is 6. The molecule has 390 valence electrons. The van der Waals surface area contributed by atoms with Crippen molar-refractivity contribution in [3.8, 4) is 0 Å². The van der Waals surface area contributed by atoms with E-state index in [0.717, 1.165) is 15.8 Å². The molecular formula is C48H68N14O10. The number of benzene rings is 2. The molecule has 0 radical (unpaired) electrons. The minimum atomic E-state index is -1.35. The Bertz CT molecular complexity index is 2420. The maximum atomic E-state index is 14.8. The molecule has 6 rings (SSSR count). The number of aliphatic carboxylic acids is 1. The number of aliphatic hydroxyl groups excluding tert-OH is 2. The van der Waals surface area contributed by atoms with E-state index in [4.69, 9.17) is 22.9 Å². The SMILES string of the molecule is NC(N)=NC(CC[C@@H]1NC(=O)[C@H](Cc2c[nH]c3ccccc23)NC(=O)[C@@H](CC2CCC(O)CC2)NC(=O)[C@@H]2C[C@@H](O)CN2C(=O)[C@@H](NC(=O)[C@H](Cc2ccccc2)NCC(=O)O)CCCNC1=O)N=C(N)N. The summed E-state index contributed by atoms with van der Waals surface area (Å²) >= 11 is 0. The summed E-state index contributed by atoms with van der Waals surface area (Å²) in [5.74, 6) is -6.41. The Morgan fingerprint density at radius 2 is 1.43 bits per heavy atom. The number of fused-ring (bicyclic) bond motifs is 2. The third-order valence-corrected chi connectivity index (χ3v) is 13.2. The van der Waals surface area contributed by atoms with Gasteiger partial charge in [0.05, 0.1) is 24.8 Å². The van der Waals surface area contributed by atoms with Crippen LogP contribution in [0.25, 0.3) is 10.9 Å². The molecule has 72 heavy (non-hydrogen) atoms. The lowest BCUT2D eigenvalue weighted by Crippen LogP contribution is -2.60. The summed E-state index contributed by atoms with van der Waals surface area (Å²) in [6.07, 6.45) is 0.664. The van der Waals surface area contributed by atoms with Crippen LogP contribution in [0.1, 0.15) is 75.3 Å². The van der Waals surface area contributed by atoms with E-state index in [1.165, 1.54) is 0 Å². The van der Waals surface area contributed by atoms with Gasteiger partial charge in [0.25, 0.3) is 0 Å². The smallest absolute Gasteiger partial charge is 0.317 e. The number of guanidine groups is 2. The number of para-hydroxylation sites is 1. The predicted octanol–water partition coefficient (Wildman–Crippen LogP) is -2.60. The minimum Gasteiger partial charge on any atom is -0.480 e. The number of carboxylic acid groups (broad SMARTS) is 1. The third-order valence-electron chi connectivity index (χ3n) is 13.2. The molecule has 3 aromatic rings. The van der Waals surface area contributed by atoms with Crippen LogP contribution in [0.15, 0.2) is 70.8 Å². The number of nitrogens with zero attached hydrogens (tertiary/aromatic N) is 3. The number of nitrogens with one attached hydrogen (secondary N) is 7. The number of hydrogen-bond acceptors (Lipinski definition) is 12. The van der Waals surface area contributed by atoms with E-state index in [-0.39, 0.29) is 82.3 Å². The zero-order chi connectivity index (χ0) is 51.9. The number of carboxylic acids is 1. The van der Waals surface area contributed by atoms with Gasteiger partial charge in [-0.1, -0.05) is 48.5 Å². The topological polar surface area (TPSA) is 400 Å². The van der Waals surface area contributed by atoms with Gasteiger partial charge in [-0.2, -0.15) is 0 Å². The summed E-state index contributed by atoms with van der Waals surface area (Å²) in [5.41, 5.74) is 24.8. The second-order valence-corrected chi connectivity index (χ2v) is 18.7. The Kier molecular flexibility index (Phi) is 19.3. The molecule has 24 heteroatoms. The first-order valence-corrected chi connectivity index (χ1v) is 24.3. The number of hydrogen-bond donors (Lipinski definition) is 14. The number of aromatic amines is 1. The maximum Gasteiger partial charge on any atom is 0.317 e. The van der Waals surface area contributed by atoms with Crippen LogP contribution in [0.3, 0.4) is 0 Å². The molecule has 2 aromatic carbocycles. The van der Waals surface area contributed by atoms with E-state index in [0.29, 0.717) is 36.8 Å². The first-order valence-electron chi connectivity index (χ1n) is 24.3. The molecule has 0 spiro atoms. The van der Waals surface area contributed by atoms with Gasteiger partial charge in [0.15, 0.2) is 11.9 Å². The predicted molar refractivity (Wildman–Crippen MR) is 265 cm³/mol. The summed E-state index contributed by atoms with van der Waals surface area (Å²) in [6.45, 7) is -0.966. The van der Waals surface area contributed by atoms with E-state index in [9.17, 15) is 48.9 Å². The van der Waals surface area contributed by atoms with Crippen molar-refractivity contribution in [1.29, 1.82) is 0 Å². The Morgan fingerprint density at radius 1 is 0.778 bits per heavy atom. The number of H-pyrrole nitrogens is 1. The zero-order valence-corrected chi connectivity index (χ0v) is 40.0. The molecule has 1 aliphatic carbocycles. The van der Waals surface area contributed by atoms with Gasteiger partial charge in [0.2, 0.25) is 35.4 Å². The van der Waals surface area contributed by atoms with Crippen LogP contribution >= 0.6 is 0 Å². The Balaban J connectivity index is 1.36. The summed E-state index contributed by atoms with van der Waals surface area (Å²) < 4.78 is 0. The van der Waals surface area contributed by atoms with Crippen LogP contribution in [0.2, 0.25) is 0 Å². The van der Waals surface area contributed by atoms with Crippen molar-refractivity contribution >= 4 is 64.2 Å². The number of aliphatic imine (C=N–C) groups is 2. The maximum absolute atomic E-state index is 14.8. The van der Waals surface area contributed by atoms with Crippen molar-refractivity contribution in [3.63, 3.8) is 0 Å². The van der Waals surface area contributed by atoms with Crippen LogP contribution in [0.4, 0.5) is 0 Å². The minimum absolute atomic E-state index is 0.0522. The first kappa shape index (κ1) is 54.0. The Labute approximate surface area is 415 Å². The molecule has 0 unspecified atom stereocenters. The summed E-state index contributed by atoms with van der Waals surface area (Å²) in [6, 6.07) is 8.49. The standard InChI is InChI=1S/C48H68N14O10/c49-47(50)60-39(61-48(51)52)17-16-33-41(67)53-18-6-11-34(57-42(68)35(55-24-40(65)66)19-26-7-2-1-3-8-26)46(72)62-25-30(64)22-38(62)45(71)59-36(20-27-12-14-29(63)15-13-27)43(69)58-37(44(70)56-33)21-28-23-54-32-10-5-4-9-31(28)32/h1-5,7-10,23,27,29-30,33-39,54-55,63-64H,6,11-22,24-25H2,(H,53,67)(H,56,70)(H,57,68)(H,58,69)(H,59,71)(H,65,66)(H4,49,50,60)(H4,51,52,61)/t27?,29?,30-,33+,34+,35+,36-,37+,38+/m1/s1. The number of amides is 6. The summed E-state index contributed by atoms with van der Waals surface area (Å²) in [5, 5.41) is 48.4. The van der Waals surface area contributed by atoms with Crippen molar-refractivity contribution in [1.82, 2.24) is 41.8 Å². The van der Waals surface area contributed by atoms with E-state index in [2.05, 4.69) is 46.9 Å². The highest BCUT2D eigenvalue weighted by atomic mass is 16.4. The summed E-state index contributed by atoms with van der Waals surface area (Å²) in [4.78, 5) is 111. The second kappa shape index (κ2) is 25.7. The Morgan fingerprint density at radius 3 is 2.12 bits per heavy atom. The van der Waals surface area contributed by atoms with Crippen LogP contribution in [0, 0.1) is 5.92 Å². The average Bonchev–Trinajstić information content (AvgIpc) is 3.94. The molecule has 3 aliphatic rings. The quantitative estimate of drug-likeness (QED) is 0.0517. The van der Waals surface area contributed by atoms with Gasteiger partial charge in [-0.05, 0) is 87.3 Å². The van der Waals surface area contributed by atoms with Gasteiger partial charge < -0.3 is 74.7 Å². The highest BCUT2D eigenvalue weighted by Crippen LogP contribution is 2.29. The van der Waals surface area contributed by atoms with E-state index in [1.54, 1.807) is 36.5 Å². The van der Waals surface area contributed by atoms with Gasteiger partial charge in [0, 0.05) is 43.0 Å². The average molecular weight is 1000 g/mol. The van der Waals surface area contributed by atoms with Gasteiger partial charge in [-0.25, -0.2) is 9.98 Å². The van der Waals surface area contributed by atoms with Gasteiger partial charge in [-0.15, -0.1) is 0 Å². The van der Waals surface area contributed by atoms with Crippen LogP contribution < -0.4 is 54.8 Å². The fourth-order valence-electron chi connectivity index (χ4n) is 9.57. The number of aliphatic hydroxyl groups is 2. The molecular weight excluding hydrogens is 933 g/mol. The monoisotopic (exact) mass is 1000 g/mol. The largest absolute Gasteiger partial charge is 0.480 e. The number of nitrogens with two attached hydrogens (primary N) is 4. The first-order chi connectivity index (χ1) is 34.4. The van der Waals surface area contributed by atoms with Crippen molar-refractivity contribution in [2.24, 2.45) is 38.8 Å². The van der Waals surface area contributed by atoms with Gasteiger partial charge >= 0.3 is 5.97 Å². The van der Waals surface area contributed by atoms with E-state index in [1.807, 2.05) is 24.3 Å². The molecule has 2 aliphatic heterocycles. The molecule has 1 aromatic heterocycles. The van der Waals surface area contributed by atoms with Crippen LogP contribution in [0.5, 0.6) is 0 Å². The van der Waals surface area contributed by atoms with E-state index < -0.39 is 103 Å². The van der Waals surface area contributed by atoms with Crippen LogP contribution in [-0.4, -0.2) is 153 Å². The fourth-order valence-corrected chi connectivity index (χ4v) is 9.57. The van der Waals surface area contributed by atoms with Crippen molar-refractivity contribution in [3.05, 3.63) is 71.9 Å². The lowest BCUT2D eigenvalue weighted by atomic mass is 9.83. The fraction of sp³-hybridized carbons (Fsp3) is 0.521. The van der Waals surface area contributed by atoms with Gasteiger partial charge in [0.1, 0.15) is 36.4 Å². The lowest BCUT2D eigenvalue weighted by molar-refractivity contribution is -0.143. The Hall–Kier alpha value is -7.31. The van der Waals surface area contributed by atoms with Crippen molar-refractivity contribution in [2.45, 2.75) is 132 Å². The van der Waals surface area contributed by atoms with E-state index >= 15 is 0 Å². The molecule has 1 saturated carbocycles. The van der Waals surface area contributed by atoms with Crippen molar-refractivity contribution in [2.75, 3.05) is 19.6 Å². The number of aromatic nitrogens is 1. The molecule has 3 heterocycles. The molecule has 7 atom stereocenters. The number of carbonyl (C=O) groups is 7. The highest BCUT2D eigenvalue weighted by Gasteiger charge is 2.43.